The predicted molar refractivity (Wildman–Crippen MR) is 96.4 cm³/mol. The lowest BCUT2D eigenvalue weighted by Gasteiger charge is -2.35. The van der Waals surface area contributed by atoms with Crippen molar-refractivity contribution in [1.82, 2.24) is 9.80 Å². The van der Waals surface area contributed by atoms with Gasteiger partial charge in [0.2, 0.25) is 0 Å². The van der Waals surface area contributed by atoms with Crippen molar-refractivity contribution in [2.24, 2.45) is 11.8 Å². The molecule has 2 heterocycles. The molecular formula is C19H40N2O. The van der Waals surface area contributed by atoms with Crippen LogP contribution in [-0.2, 0) is 4.74 Å². The molecule has 2 aliphatic heterocycles. The monoisotopic (exact) mass is 312 g/mol. The van der Waals surface area contributed by atoms with E-state index < -0.39 is 0 Å². The minimum Gasteiger partial charge on any atom is -0.378 e. The third-order valence-corrected chi connectivity index (χ3v) is 4.88. The molecule has 2 saturated heterocycles. The van der Waals surface area contributed by atoms with E-state index in [0.717, 1.165) is 18.4 Å². The molecule has 0 spiro atoms. The van der Waals surface area contributed by atoms with Crippen molar-refractivity contribution >= 4 is 0 Å². The Morgan fingerprint density at radius 1 is 0.909 bits per heavy atom. The number of likely N-dealkylation sites (tertiary alicyclic amines) is 2. The molecule has 2 rings (SSSR count). The van der Waals surface area contributed by atoms with E-state index in [9.17, 15) is 0 Å². The van der Waals surface area contributed by atoms with Crippen molar-refractivity contribution in [3.8, 4) is 0 Å². The molecule has 0 amide bonds. The van der Waals surface area contributed by atoms with Crippen molar-refractivity contribution in [3.05, 3.63) is 0 Å². The minimum atomic E-state index is 0.534. The standard InChI is InChI=1S/C17H34N2O.C2H6/c1-4-18-11-7-17(8-12-18)20-14-16-5-9-19(10-6-16)13-15(2)3;1-2/h15-17H,4-14H2,1-3H3;1-2H3. The van der Waals surface area contributed by atoms with E-state index in [4.69, 9.17) is 4.74 Å². The molecule has 0 radical (unpaired) electrons. The first kappa shape index (κ1) is 19.9. The second-order valence-electron chi connectivity index (χ2n) is 7.10. The Kier molecular flexibility index (Phi) is 10.3. The van der Waals surface area contributed by atoms with Crippen LogP contribution in [-0.4, -0.2) is 61.8 Å². The van der Waals surface area contributed by atoms with E-state index in [1.807, 2.05) is 13.8 Å². The summed E-state index contributed by atoms with van der Waals surface area (Å²) in [6.45, 7) is 19.4. The maximum absolute atomic E-state index is 6.19. The van der Waals surface area contributed by atoms with Gasteiger partial charge < -0.3 is 14.5 Å². The zero-order valence-electron chi connectivity index (χ0n) is 15.8. The molecule has 2 aliphatic rings. The molecule has 0 N–H and O–H groups in total. The van der Waals surface area contributed by atoms with Gasteiger partial charge in [0, 0.05) is 26.2 Å². The molecule has 3 heteroatoms. The average Bonchev–Trinajstić information content (AvgIpc) is 2.56. The lowest BCUT2D eigenvalue weighted by molar-refractivity contribution is -0.0189. The number of hydrogen-bond acceptors (Lipinski definition) is 3. The Balaban J connectivity index is 0.00000116. The van der Waals surface area contributed by atoms with Crippen molar-refractivity contribution < 1.29 is 4.74 Å². The fourth-order valence-electron chi connectivity index (χ4n) is 3.52. The smallest absolute Gasteiger partial charge is 0.0599 e. The molecule has 0 aliphatic carbocycles. The van der Waals surface area contributed by atoms with Crippen LogP contribution in [0.25, 0.3) is 0 Å². The van der Waals surface area contributed by atoms with Crippen LogP contribution in [0.5, 0.6) is 0 Å². The Labute approximate surface area is 139 Å². The normalized spacial score (nSPS) is 22.6. The molecule has 0 aromatic carbocycles. The fourth-order valence-corrected chi connectivity index (χ4v) is 3.52. The topological polar surface area (TPSA) is 15.7 Å². The third kappa shape index (κ3) is 7.43. The van der Waals surface area contributed by atoms with Crippen molar-refractivity contribution in [2.75, 3.05) is 45.9 Å². The molecule has 0 aromatic rings. The van der Waals surface area contributed by atoms with Crippen LogP contribution in [0.3, 0.4) is 0 Å². The van der Waals surface area contributed by atoms with Crippen LogP contribution in [0, 0.1) is 11.8 Å². The van der Waals surface area contributed by atoms with Gasteiger partial charge in [0.1, 0.15) is 0 Å². The first-order valence-electron chi connectivity index (χ1n) is 9.73. The van der Waals surface area contributed by atoms with Gasteiger partial charge in [-0.15, -0.1) is 0 Å². The highest BCUT2D eigenvalue weighted by Crippen LogP contribution is 2.21. The first-order chi connectivity index (χ1) is 10.7. The third-order valence-electron chi connectivity index (χ3n) is 4.88. The molecule has 3 nitrogen and oxygen atoms in total. The molecule has 0 aromatic heterocycles. The number of rotatable bonds is 6. The summed E-state index contributed by atoms with van der Waals surface area (Å²) in [6, 6.07) is 0. The van der Waals surface area contributed by atoms with E-state index in [0.29, 0.717) is 6.10 Å². The Morgan fingerprint density at radius 2 is 1.45 bits per heavy atom. The van der Waals surface area contributed by atoms with Gasteiger partial charge in [-0.1, -0.05) is 34.6 Å². The van der Waals surface area contributed by atoms with Gasteiger partial charge in [-0.05, 0) is 57.2 Å². The Hall–Kier alpha value is -0.120. The van der Waals surface area contributed by atoms with Crippen molar-refractivity contribution in [3.63, 3.8) is 0 Å². The lowest BCUT2D eigenvalue weighted by Crippen LogP contribution is -2.39. The Bertz CT molecular complexity index is 254. The van der Waals surface area contributed by atoms with Gasteiger partial charge in [-0.2, -0.15) is 0 Å². The highest BCUT2D eigenvalue weighted by atomic mass is 16.5. The number of piperidine rings is 2. The van der Waals surface area contributed by atoms with Crippen LogP contribution < -0.4 is 0 Å². The highest BCUT2D eigenvalue weighted by Gasteiger charge is 2.23. The van der Waals surface area contributed by atoms with Crippen molar-refractivity contribution in [1.29, 1.82) is 0 Å². The van der Waals surface area contributed by atoms with Crippen LogP contribution >= 0.6 is 0 Å². The maximum Gasteiger partial charge on any atom is 0.0599 e. The molecule has 0 atom stereocenters. The molecule has 0 saturated carbocycles. The zero-order valence-corrected chi connectivity index (χ0v) is 15.8. The van der Waals surface area contributed by atoms with Gasteiger partial charge in [0.25, 0.3) is 0 Å². The largest absolute Gasteiger partial charge is 0.378 e. The molecule has 132 valence electrons. The van der Waals surface area contributed by atoms with Crippen LogP contribution in [0.15, 0.2) is 0 Å². The van der Waals surface area contributed by atoms with E-state index in [2.05, 4.69) is 30.6 Å². The van der Waals surface area contributed by atoms with Crippen LogP contribution in [0.1, 0.15) is 60.3 Å². The zero-order chi connectivity index (χ0) is 16.4. The number of nitrogens with zero attached hydrogens (tertiary/aromatic N) is 2. The summed E-state index contributed by atoms with van der Waals surface area (Å²) in [6.07, 6.45) is 5.67. The Morgan fingerprint density at radius 3 is 1.95 bits per heavy atom. The molecule has 22 heavy (non-hydrogen) atoms. The fraction of sp³-hybridized carbons (Fsp3) is 1.00. The molecule has 0 bridgehead atoms. The van der Waals surface area contributed by atoms with Gasteiger partial charge in [0.05, 0.1) is 6.10 Å². The summed E-state index contributed by atoms with van der Waals surface area (Å²) >= 11 is 0. The van der Waals surface area contributed by atoms with Gasteiger partial charge >= 0.3 is 0 Å². The van der Waals surface area contributed by atoms with Crippen molar-refractivity contribution in [2.45, 2.75) is 66.4 Å². The van der Waals surface area contributed by atoms with Crippen LogP contribution in [0.2, 0.25) is 0 Å². The highest BCUT2D eigenvalue weighted by molar-refractivity contribution is 4.75. The SMILES string of the molecule is CC.CCN1CCC(OCC2CCN(CC(C)C)CC2)CC1. The molecular weight excluding hydrogens is 272 g/mol. The van der Waals surface area contributed by atoms with E-state index >= 15 is 0 Å². The lowest BCUT2D eigenvalue weighted by atomic mass is 9.97. The van der Waals surface area contributed by atoms with Gasteiger partial charge in [-0.3, -0.25) is 0 Å². The van der Waals surface area contributed by atoms with Gasteiger partial charge in [-0.25, -0.2) is 0 Å². The summed E-state index contributed by atoms with van der Waals surface area (Å²) < 4.78 is 6.19. The summed E-state index contributed by atoms with van der Waals surface area (Å²) in [5.74, 6) is 1.61. The van der Waals surface area contributed by atoms with E-state index in [-0.39, 0.29) is 0 Å². The molecule has 0 unspecified atom stereocenters. The second-order valence-corrected chi connectivity index (χ2v) is 7.10. The van der Waals surface area contributed by atoms with Gasteiger partial charge in [0.15, 0.2) is 0 Å². The van der Waals surface area contributed by atoms with E-state index in [1.165, 1.54) is 65.0 Å². The average molecular weight is 313 g/mol. The number of hydrogen-bond donors (Lipinski definition) is 0. The number of ether oxygens (including phenoxy) is 1. The predicted octanol–water partition coefficient (Wildman–Crippen LogP) is 3.88. The summed E-state index contributed by atoms with van der Waals surface area (Å²) in [5.41, 5.74) is 0. The first-order valence-corrected chi connectivity index (χ1v) is 9.73. The summed E-state index contributed by atoms with van der Waals surface area (Å²) in [7, 11) is 0. The minimum absolute atomic E-state index is 0.534. The maximum atomic E-state index is 6.19. The quantitative estimate of drug-likeness (QED) is 0.740. The van der Waals surface area contributed by atoms with E-state index in [1.54, 1.807) is 0 Å². The molecule has 2 fully saturated rings. The summed E-state index contributed by atoms with van der Waals surface area (Å²) in [5, 5.41) is 0. The second kappa shape index (κ2) is 11.4. The van der Waals surface area contributed by atoms with Crippen LogP contribution in [0.4, 0.5) is 0 Å². The summed E-state index contributed by atoms with van der Waals surface area (Å²) in [4.78, 5) is 5.16.